The zero-order valence-corrected chi connectivity index (χ0v) is 24.9. The van der Waals surface area contributed by atoms with Crippen molar-refractivity contribution in [1.29, 1.82) is 0 Å². The summed E-state index contributed by atoms with van der Waals surface area (Å²) in [5.41, 5.74) is 0. The van der Waals surface area contributed by atoms with Crippen LogP contribution in [0.5, 0.6) is 0 Å². The van der Waals surface area contributed by atoms with Crippen LogP contribution in [0.1, 0.15) is 6.42 Å². The molecule has 0 heterocycles. The van der Waals surface area contributed by atoms with Gasteiger partial charge in [0.25, 0.3) is 0 Å². The molecule has 0 aliphatic rings. The number of carbonyl (C=O) groups is 2. The molecule has 0 fully saturated rings. The number of carboxylic acid groups (broad SMARTS) is 1. The molecule has 0 saturated carbocycles. The van der Waals surface area contributed by atoms with E-state index in [1.807, 2.05) is 0 Å². The van der Waals surface area contributed by atoms with Crippen LogP contribution in [0.4, 0.5) is 0 Å². The van der Waals surface area contributed by atoms with Crippen LogP contribution < -0.4 is 0 Å². The average Bonchev–Trinajstić information content (AvgIpc) is 2.98. The van der Waals surface area contributed by atoms with Gasteiger partial charge < -0.3 is 66.7 Å². The van der Waals surface area contributed by atoms with Crippen LogP contribution in [-0.2, 0) is 66.4 Å². The van der Waals surface area contributed by atoms with E-state index in [1.54, 1.807) is 0 Å². The number of hydrogen-bond donors (Lipinski definition) is 1. The van der Waals surface area contributed by atoms with Crippen molar-refractivity contribution in [2.45, 2.75) is 6.42 Å². The third-order valence-corrected chi connectivity index (χ3v) is 4.70. The second-order valence-electron chi connectivity index (χ2n) is 8.14. The van der Waals surface area contributed by atoms with Crippen LogP contribution in [-0.4, -0.2) is 176 Å². The first-order valence-corrected chi connectivity index (χ1v) is 14.4. The van der Waals surface area contributed by atoms with Crippen LogP contribution in [0, 0.1) is 0 Å². The Balaban J connectivity index is 3.04. The molecule has 0 unspecified atom stereocenters. The molecule has 0 rings (SSSR count). The first-order valence-electron chi connectivity index (χ1n) is 14.4. The largest absolute Gasteiger partial charge is 0.480 e. The number of ether oxygens (including phenoxy) is 12. The van der Waals surface area contributed by atoms with Crippen molar-refractivity contribution in [3.63, 3.8) is 0 Å². The molecule has 0 aromatic rings. The topological polar surface area (TPSA) is 165 Å². The third kappa shape index (κ3) is 38.7. The fraction of sp³-hybridized carbons (Fsp3) is 0.926. The normalized spacial score (nSPS) is 11.3. The highest BCUT2D eigenvalue weighted by Gasteiger charge is 1.97. The number of rotatable bonds is 38. The summed E-state index contributed by atoms with van der Waals surface area (Å²) in [5, 5.41) is 8.41. The Morgan fingerprint density at radius 2 is 0.548 bits per heavy atom. The summed E-state index contributed by atoms with van der Waals surface area (Å²) in [6.07, 6.45) is 1.24. The predicted molar refractivity (Wildman–Crippen MR) is 148 cm³/mol. The lowest BCUT2D eigenvalue weighted by molar-refractivity contribution is -0.142. The Kier molecular flexibility index (Phi) is 36.5. The fourth-order valence-electron chi connectivity index (χ4n) is 2.71. The molecule has 0 radical (unpaired) electrons. The molecule has 0 saturated heterocycles. The summed E-state index contributed by atoms with van der Waals surface area (Å²) in [7, 11) is 0. The monoisotopic (exact) mass is 616 g/mol. The molecule has 0 aromatic heterocycles. The van der Waals surface area contributed by atoms with E-state index in [-0.39, 0.29) is 13.2 Å². The molecule has 15 nitrogen and oxygen atoms in total. The van der Waals surface area contributed by atoms with Gasteiger partial charge in [-0.05, 0) is 0 Å². The Labute approximate surface area is 249 Å². The first-order chi connectivity index (χ1) is 20.8. The lowest BCUT2D eigenvalue weighted by Crippen LogP contribution is -2.15. The molecule has 1 N–H and O–H groups in total. The summed E-state index contributed by atoms with van der Waals surface area (Å²) in [5.74, 6) is -0.998. The first kappa shape index (κ1) is 40.7. The third-order valence-electron chi connectivity index (χ3n) is 4.70. The smallest absolute Gasteiger partial charge is 0.329 e. The summed E-state index contributed by atoms with van der Waals surface area (Å²) in [4.78, 5) is 20.4. The van der Waals surface area contributed by atoms with Gasteiger partial charge in [-0.15, -0.1) is 0 Å². The highest BCUT2D eigenvalue weighted by atomic mass is 16.6. The van der Waals surface area contributed by atoms with Crippen LogP contribution in [0.3, 0.4) is 0 Å². The van der Waals surface area contributed by atoms with Crippen LogP contribution in [0.15, 0.2) is 0 Å². The molecular weight excluding hydrogens is 564 g/mol. The van der Waals surface area contributed by atoms with E-state index in [0.29, 0.717) is 152 Å². The zero-order chi connectivity index (χ0) is 30.4. The summed E-state index contributed by atoms with van der Waals surface area (Å²) >= 11 is 0. The summed E-state index contributed by atoms with van der Waals surface area (Å²) in [6, 6.07) is 0. The molecule has 42 heavy (non-hydrogen) atoms. The van der Waals surface area contributed by atoms with Crippen LogP contribution in [0.25, 0.3) is 0 Å². The molecule has 0 bridgehead atoms. The van der Waals surface area contributed by atoms with Gasteiger partial charge in [0, 0.05) is 6.42 Å². The highest BCUT2D eigenvalue weighted by molar-refractivity contribution is 5.67. The highest BCUT2D eigenvalue weighted by Crippen LogP contribution is 1.87. The van der Waals surface area contributed by atoms with Crippen molar-refractivity contribution in [3.8, 4) is 0 Å². The molecule has 0 atom stereocenters. The standard InChI is InChI=1S/C27H52O15/c28-2-1-3-31-4-5-32-6-7-33-8-9-34-10-11-35-12-13-36-14-15-37-16-17-38-18-19-39-20-21-40-22-23-41-24-25-42-26-27(29)30/h2H,1,3-26H2,(H,29,30). The van der Waals surface area contributed by atoms with Gasteiger partial charge in [0.1, 0.15) is 12.9 Å². The van der Waals surface area contributed by atoms with Gasteiger partial charge in [-0.1, -0.05) is 0 Å². The molecular formula is C27H52O15. The van der Waals surface area contributed by atoms with Crippen molar-refractivity contribution >= 4 is 12.3 Å². The van der Waals surface area contributed by atoms with Gasteiger partial charge >= 0.3 is 5.97 Å². The number of carboxylic acids is 1. The molecule has 0 spiro atoms. The van der Waals surface area contributed by atoms with Crippen molar-refractivity contribution in [2.75, 3.05) is 159 Å². The number of carbonyl (C=O) groups excluding carboxylic acids is 1. The number of aliphatic carboxylic acids is 1. The molecule has 0 aliphatic carbocycles. The van der Waals surface area contributed by atoms with Crippen molar-refractivity contribution in [2.24, 2.45) is 0 Å². The Bertz CT molecular complexity index is 542. The Morgan fingerprint density at radius 1 is 0.357 bits per heavy atom. The van der Waals surface area contributed by atoms with Crippen LogP contribution in [0.2, 0.25) is 0 Å². The van der Waals surface area contributed by atoms with E-state index in [4.69, 9.17) is 61.9 Å². The van der Waals surface area contributed by atoms with E-state index in [0.717, 1.165) is 6.29 Å². The van der Waals surface area contributed by atoms with Crippen molar-refractivity contribution < 1.29 is 71.5 Å². The lowest BCUT2D eigenvalue weighted by Gasteiger charge is -2.09. The van der Waals surface area contributed by atoms with E-state index in [9.17, 15) is 9.59 Å². The molecule has 15 heteroatoms. The number of hydrogen-bond acceptors (Lipinski definition) is 14. The maximum atomic E-state index is 10.3. The van der Waals surface area contributed by atoms with Gasteiger partial charge in [-0.3, -0.25) is 0 Å². The van der Waals surface area contributed by atoms with E-state index >= 15 is 0 Å². The van der Waals surface area contributed by atoms with Gasteiger partial charge in [0.05, 0.1) is 152 Å². The number of aldehydes is 1. The quantitative estimate of drug-likeness (QED) is 0.0719. The van der Waals surface area contributed by atoms with Crippen molar-refractivity contribution in [1.82, 2.24) is 0 Å². The summed E-state index contributed by atoms with van der Waals surface area (Å²) < 4.78 is 63.9. The van der Waals surface area contributed by atoms with E-state index < -0.39 is 5.97 Å². The SMILES string of the molecule is O=CCCOCCOCCOCCOCCOCCOCCOCCOCCOCCOCCOCCOCC(=O)O. The molecule has 250 valence electrons. The van der Waals surface area contributed by atoms with Gasteiger partial charge in [0.15, 0.2) is 0 Å². The Morgan fingerprint density at radius 3 is 0.738 bits per heavy atom. The Hall–Kier alpha value is -1.34. The minimum Gasteiger partial charge on any atom is -0.480 e. The summed E-state index contributed by atoms with van der Waals surface area (Å²) in [6.45, 7) is 10.2. The maximum absolute atomic E-state index is 10.3. The fourth-order valence-corrected chi connectivity index (χ4v) is 2.71. The predicted octanol–water partition coefficient (Wildman–Crippen LogP) is -0.141. The average molecular weight is 617 g/mol. The lowest BCUT2D eigenvalue weighted by atomic mass is 10.5. The van der Waals surface area contributed by atoms with Crippen molar-refractivity contribution in [3.05, 3.63) is 0 Å². The van der Waals surface area contributed by atoms with Gasteiger partial charge in [0.2, 0.25) is 0 Å². The van der Waals surface area contributed by atoms with E-state index in [2.05, 4.69) is 0 Å². The minimum absolute atomic E-state index is 0.239. The van der Waals surface area contributed by atoms with Gasteiger partial charge in [-0.25, -0.2) is 4.79 Å². The van der Waals surface area contributed by atoms with Crippen LogP contribution >= 0.6 is 0 Å². The van der Waals surface area contributed by atoms with E-state index in [1.165, 1.54) is 0 Å². The second-order valence-corrected chi connectivity index (χ2v) is 8.14. The second kappa shape index (κ2) is 37.7. The molecule has 0 aromatic carbocycles. The maximum Gasteiger partial charge on any atom is 0.329 e. The molecule has 0 amide bonds. The minimum atomic E-state index is -0.998. The van der Waals surface area contributed by atoms with Gasteiger partial charge in [-0.2, -0.15) is 0 Å². The molecule has 0 aliphatic heterocycles. The zero-order valence-electron chi connectivity index (χ0n) is 24.9.